The molecule has 0 radical (unpaired) electrons. The molecule has 1 heterocycles. The van der Waals surface area contributed by atoms with E-state index in [1.54, 1.807) is 19.2 Å². The van der Waals surface area contributed by atoms with Crippen LogP contribution in [-0.2, 0) is 4.79 Å². The van der Waals surface area contributed by atoms with Gasteiger partial charge in [-0.1, -0.05) is 18.2 Å². The summed E-state index contributed by atoms with van der Waals surface area (Å²) in [7, 11) is 1.61. The number of nitrogens with one attached hydrogen (secondary N) is 2. The van der Waals surface area contributed by atoms with Crippen LogP contribution in [0.5, 0.6) is 11.5 Å². The number of carbonyl (C=O) groups excluding carboxylic acids is 1. The van der Waals surface area contributed by atoms with Crippen molar-refractivity contribution in [3.63, 3.8) is 0 Å². The number of para-hydroxylation sites is 2. The first-order chi connectivity index (χ1) is 17.5. The minimum atomic E-state index is -0.430. The average molecular weight is 486 g/mol. The lowest BCUT2D eigenvalue weighted by Crippen LogP contribution is -2.26. The van der Waals surface area contributed by atoms with Gasteiger partial charge in [0, 0.05) is 29.8 Å². The number of fused-ring (bicyclic) bond motifs is 1. The van der Waals surface area contributed by atoms with Crippen molar-refractivity contribution in [2.75, 3.05) is 24.4 Å². The number of hydrogen-bond donors (Lipinski definition) is 2. The number of Topliss-reactive ketones (excluding diaryl/α,β-unsaturated/α-hetero) is 1. The monoisotopic (exact) mass is 485 g/mol. The summed E-state index contributed by atoms with van der Waals surface area (Å²) >= 11 is 0. The minimum absolute atomic E-state index is 0.0135. The molecule has 1 aliphatic heterocycles. The Kier molecular flexibility index (Phi) is 6.33. The van der Waals surface area contributed by atoms with Crippen LogP contribution < -0.4 is 20.1 Å². The van der Waals surface area contributed by atoms with Crippen molar-refractivity contribution >= 4 is 22.8 Å². The zero-order valence-corrected chi connectivity index (χ0v) is 20.1. The van der Waals surface area contributed by atoms with Gasteiger partial charge in [-0.25, -0.2) is 0 Å². The lowest BCUT2D eigenvalue weighted by atomic mass is 9.78. The number of nitrogens with zero attached hydrogens (tertiary/aromatic N) is 1. The molecule has 184 valence electrons. The molecule has 8 nitrogen and oxygen atoms in total. The molecule has 3 aromatic carbocycles. The molecule has 3 aromatic rings. The number of allylic oxidation sites excluding steroid dienone is 1. The summed E-state index contributed by atoms with van der Waals surface area (Å²) in [6, 6.07) is 19.6. The quantitative estimate of drug-likeness (QED) is 0.327. The summed E-state index contributed by atoms with van der Waals surface area (Å²) in [6.45, 7) is 2.46. The second-order valence-corrected chi connectivity index (χ2v) is 8.86. The molecule has 5 rings (SSSR count). The van der Waals surface area contributed by atoms with Gasteiger partial charge in [-0.2, -0.15) is 0 Å². The topological polar surface area (TPSA) is 103 Å². The van der Waals surface area contributed by atoms with Crippen LogP contribution in [0.3, 0.4) is 0 Å². The van der Waals surface area contributed by atoms with E-state index in [9.17, 15) is 14.9 Å². The number of ether oxygens (including phenoxy) is 2. The molecule has 0 saturated heterocycles. The van der Waals surface area contributed by atoms with Gasteiger partial charge in [-0.05, 0) is 66.8 Å². The lowest BCUT2D eigenvalue weighted by Gasteiger charge is -2.30. The van der Waals surface area contributed by atoms with Crippen molar-refractivity contribution in [1.82, 2.24) is 0 Å². The Morgan fingerprint density at radius 2 is 1.69 bits per heavy atom. The molecule has 0 aromatic heterocycles. The second kappa shape index (κ2) is 9.73. The van der Waals surface area contributed by atoms with Crippen LogP contribution in [-0.4, -0.2) is 24.4 Å². The number of methoxy groups -OCH3 is 1. The van der Waals surface area contributed by atoms with E-state index in [0.29, 0.717) is 36.5 Å². The molecule has 0 amide bonds. The highest BCUT2D eigenvalue weighted by molar-refractivity contribution is 6.01. The van der Waals surface area contributed by atoms with E-state index in [-0.39, 0.29) is 17.4 Å². The maximum atomic E-state index is 13.7. The van der Waals surface area contributed by atoms with Crippen LogP contribution in [0.2, 0.25) is 0 Å². The highest BCUT2D eigenvalue weighted by Gasteiger charge is 2.36. The molecular formula is C28H27N3O5. The Hall–Kier alpha value is -4.33. The molecule has 0 unspecified atom stereocenters. The third-order valence-electron chi connectivity index (χ3n) is 6.71. The maximum absolute atomic E-state index is 13.7. The largest absolute Gasteiger partial charge is 0.493 e. The SMILES string of the molecule is CCOc1ccc([C@@H]2CC(=O)C3=C(C2)Nc2ccccc2N[C@@H]3c2ccc([N+](=O)[O-])cc2)cc1OC. The number of rotatable bonds is 6. The number of anilines is 2. The fraction of sp³-hybridized carbons (Fsp3) is 0.250. The van der Waals surface area contributed by atoms with Crippen LogP contribution in [0.1, 0.15) is 42.9 Å². The molecule has 0 saturated carbocycles. The molecule has 36 heavy (non-hydrogen) atoms. The van der Waals surface area contributed by atoms with Crippen molar-refractivity contribution in [2.24, 2.45) is 0 Å². The van der Waals surface area contributed by atoms with Crippen LogP contribution in [0.4, 0.5) is 17.1 Å². The molecule has 2 atom stereocenters. The standard InChI is InChI=1S/C28H27N3O5/c1-3-36-25-13-10-18(16-26(25)35-2)19-14-23-27(24(32)15-19)28(17-8-11-20(12-9-17)31(33)34)30-22-7-5-4-6-21(22)29-23/h4-13,16,19,28-30H,3,14-15H2,1-2H3/t19-,28+/m0/s1. The molecular weight excluding hydrogens is 458 g/mol. The number of nitro benzene ring substituents is 1. The summed E-state index contributed by atoms with van der Waals surface area (Å²) in [5, 5.41) is 18.2. The third-order valence-corrected chi connectivity index (χ3v) is 6.71. The van der Waals surface area contributed by atoms with Crippen molar-refractivity contribution < 1.29 is 19.2 Å². The lowest BCUT2D eigenvalue weighted by molar-refractivity contribution is -0.384. The summed E-state index contributed by atoms with van der Waals surface area (Å²) in [5.41, 5.74) is 5.07. The fourth-order valence-electron chi connectivity index (χ4n) is 4.98. The summed E-state index contributed by atoms with van der Waals surface area (Å²) in [4.78, 5) is 24.4. The number of non-ortho nitro benzene ring substituents is 1. The third kappa shape index (κ3) is 4.37. The Bertz CT molecular complexity index is 1350. The van der Waals surface area contributed by atoms with Crippen LogP contribution >= 0.6 is 0 Å². The average Bonchev–Trinajstić information content (AvgIpc) is 3.06. The van der Waals surface area contributed by atoms with Crippen molar-refractivity contribution in [2.45, 2.75) is 31.7 Å². The first-order valence-corrected chi connectivity index (χ1v) is 11.9. The van der Waals surface area contributed by atoms with Gasteiger partial charge in [0.05, 0.1) is 36.1 Å². The number of benzene rings is 3. The number of nitro groups is 1. The van der Waals surface area contributed by atoms with Gasteiger partial charge in [-0.15, -0.1) is 0 Å². The van der Waals surface area contributed by atoms with E-state index in [1.807, 2.05) is 49.4 Å². The summed E-state index contributed by atoms with van der Waals surface area (Å²) < 4.78 is 11.2. The molecule has 1 aliphatic carbocycles. The first-order valence-electron chi connectivity index (χ1n) is 11.9. The van der Waals surface area contributed by atoms with Gasteiger partial charge in [0.15, 0.2) is 17.3 Å². The predicted molar refractivity (Wildman–Crippen MR) is 138 cm³/mol. The Morgan fingerprint density at radius 3 is 2.39 bits per heavy atom. The van der Waals surface area contributed by atoms with E-state index in [0.717, 1.165) is 28.2 Å². The number of ketones is 1. The Morgan fingerprint density at radius 1 is 0.972 bits per heavy atom. The van der Waals surface area contributed by atoms with E-state index in [4.69, 9.17) is 9.47 Å². The van der Waals surface area contributed by atoms with Gasteiger partial charge in [0.2, 0.25) is 0 Å². The molecule has 0 bridgehead atoms. The van der Waals surface area contributed by atoms with Gasteiger partial charge in [0.25, 0.3) is 5.69 Å². The van der Waals surface area contributed by atoms with E-state index in [2.05, 4.69) is 10.6 Å². The van der Waals surface area contributed by atoms with Crippen molar-refractivity contribution in [1.29, 1.82) is 0 Å². The summed E-state index contributed by atoms with van der Waals surface area (Å²) in [5.74, 6) is 1.32. The van der Waals surface area contributed by atoms with E-state index >= 15 is 0 Å². The number of hydrogen-bond acceptors (Lipinski definition) is 7. The van der Waals surface area contributed by atoms with Gasteiger partial charge >= 0.3 is 0 Å². The van der Waals surface area contributed by atoms with Crippen molar-refractivity contribution in [3.8, 4) is 11.5 Å². The second-order valence-electron chi connectivity index (χ2n) is 8.86. The van der Waals surface area contributed by atoms with Gasteiger partial charge in [-0.3, -0.25) is 14.9 Å². The first kappa shape index (κ1) is 23.4. The number of carbonyl (C=O) groups is 1. The van der Waals surface area contributed by atoms with E-state index < -0.39 is 11.0 Å². The van der Waals surface area contributed by atoms with Crippen LogP contribution in [0, 0.1) is 10.1 Å². The molecule has 2 aliphatic rings. The van der Waals surface area contributed by atoms with Gasteiger partial charge in [0.1, 0.15) is 0 Å². The van der Waals surface area contributed by atoms with Crippen molar-refractivity contribution in [3.05, 3.63) is 99.2 Å². The molecule has 8 heteroatoms. The minimum Gasteiger partial charge on any atom is -0.493 e. The highest BCUT2D eigenvalue weighted by atomic mass is 16.6. The zero-order valence-electron chi connectivity index (χ0n) is 20.1. The highest BCUT2D eigenvalue weighted by Crippen LogP contribution is 2.45. The maximum Gasteiger partial charge on any atom is 0.269 e. The molecule has 0 fully saturated rings. The Labute approximate surface area is 209 Å². The molecule has 0 spiro atoms. The van der Waals surface area contributed by atoms with Crippen LogP contribution in [0.15, 0.2) is 78.0 Å². The fourth-order valence-corrected chi connectivity index (χ4v) is 4.98. The van der Waals surface area contributed by atoms with Crippen LogP contribution in [0.25, 0.3) is 0 Å². The molecule has 2 N–H and O–H groups in total. The predicted octanol–water partition coefficient (Wildman–Crippen LogP) is 5.98. The van der Waals surface area contributed by atoms with E-state index in [1.165, 1.54) is 12.1 Å². The summed E-state index contributed by atoms with van der Waals surface area (Å²) in [6.07, 6.45) is 0.983. The smallest absolute Gasteiger partial charge is 0.269 e. The normalized spacial score (nSPS) is 18.8. The Balaban J connectivity index is 1.55. The van der Waals surface area contributed by atoms with Gasteiger partial charge < -0.3 is 20.1 Å². The zero-order chi connectivity index (χ0) is 25.2.